The van der Waals surface area contributed by atoms with E-state index in [2.05, 4.69) is 44.5 Å². The van der Waals surface area contributed by atoms with Crippen LogP contribution < -0.4 is 5.32 Å². The Bertz CT molecular complexity index is 962. The van der Waals surface area contributed by atoms with E-state index in [1.165, 1.54) is 5.56 Å². The van der Waals surface area contributed by atoms with Gasteiger partial charge in [-0.25, -0.2) is 4.98 Å². The molecule has 1 aromatic carbocycles. The maximum absolute atomic E-state index is 5.83. The molecule has 0 saturated carbocycles. The second-order valence-electron chi connectivity index (χ2n) is 5.72. The van der Waals surface area contributed by atoms with Crippen molar-refractivity contribution in [2.24, 2.45) is 0 Å². The van der Waals surface area contributed by atoms with Gasteiger partial charge in [0.2, 0.25) is 5.89 Å². The molecule has 7 nitrogen and oxygen atoms in total. The topological polar surface area (TPSA) is 81.1 Å². The molecule has 4 aromatic rings. The van der Waals surface area contributed by atoms with E-state index in [0.717, 1.165) is 17.8 Å². The third-order valence-electron chi connectivity index (χ3n) is 4.16. The molecular formula is C18H18N6O. The van der Waals surface area contributed by atoms with Crippen molar-refractivity contribution in [1.29, 1.82) is 0 Å². The summed E-state index contributed by atoms with van der Waals surface area (Å²) in [6, 6.07) is 10.6. The van der Waals surface area contributed by atoms with Crippen LogP contribution in [0.4, 0.5) is 6.01 Å². The van der Waals surface area contributed by atoms with Crippen molar-refractivity contribution in [3.63, 3.8) is 0 Å². The molecule has 3 aromatic heterocycles. The van der Waals surface area contributed by atoms with Crippen molar-refractivity contribution in [1.82, 2.24) is 24.6 Å². The van der Waals surface area contributed by atoms with E-state index in [-0.39, 0.29) is 5.92 Å². The molecule has 0 aliphatic carbocycles. The fourth-order valence-electron chi connectivity index (χ4n) is 2.88. The molecule has 0 saturated heterocycles. The normalized spacial score (nSPS) is 12.4. The highest BCUT2D eigenvalue weighted by atomic mass is 16.4. The van der Waals surface area contributed by atoms with Crippen LogP contribution in [-0.2, 0) is 6.54 Å². The molecule has 7 heteroatoms. The first-order chi connectivity index (χ1) is 12.3. The Hall–Kier alpha value is -3.22. The van der Waals surface area contributed by atoms with Gasteiger partial charge < -0.3 is 9.73 Å². The van der Waals surface area contributed by atoms with Crippen molar-refractivity contribution in [2.45, 2.75) is 25.8 Å². The van der Waals surface area contributed by atoms with Crippen LogP contribution in [0, 0.1) is 0 Å². The van der Waals surface area contributed by atoms with Gasteiger partial charge in [-0.3, -0.25) is 9.38 Å². The standard InChI is InChI=1S/C18H18N6O/c1-2-15(13-6-4-3-5-7-13)17-22-23-18(25-17)21-11-14-10-20-16-12-19-8-9-24(14)16/h3-10,12,15H,2,11H2,1H3,(H,21,23). The van der Waals surface area contributed by atoms with Crippen LogP contribution in [0.15, 0.2) is 59.5 Å². The quantitative estimate of drug-likeness (QED) is 0.583. The summed E-state index contributed by atoms with van der Waals surface area (Å²) >= 11 is 0. The first-order valence-corrected chi connectivity index (χ1v) is 8.23. The van der Waals surface area contributed by atoms with Gasteiger partial charge in [0.25, 0.3) is 0 Å². The number of nitrogens with one attached hydrogen (secondary N) is 1. The minimum atomic E-state index is 0.103. The predicted octanol–water partition coefficient (Wildman–Crippen LogP) is 3.27. The van der Waals surface area contributed by atoms with Gasteiger partial charge in [0.1, 0.15) is 0 Å². The van der Waals surface area contributed by atoms with Crippen molar-refractivity contribution < 1.29 is 4.42 Å². The lowest BCUT2D eigenvalue weighted by molar-refractivity contribution is 0.473. The summed E-state index contributed by atoms with van der Waals surface area (Å²) < 4.78 is 7.79. The van der Waals surface area contributed by atoms with Gasteiger partial charge in [0.15, 0.2) is 5.65 Å². The van der Waals surface area contributed by atoms with Crippen molar-refractivity contribution in [3.8, 4) is 0 Å². The summed E-state index contributed by atoms with van der Waals surface area (Å²) in [5, 5.41) is 11.5. The van der Waals surface area contributed by atoms with Crippen LogP contribution in [0.3, 0.4) is 0 Å². The lowest BCUT2D eigenvalue weighted by Crippen LogP contribution is -2.02. The molecule has 4 rings (SSSR count). The molecule has 0 aliphatic rings. The molecule has 3 heterocycles. The number of nitrogens with zero attached hydrogens (tertiary/aromatic N) is 5. The van der Waals surface area contributed by atoms with Gasteiger partial charge in [-0.1, -0.05) is 42.4 Å². The molecule has 126 valence electrons. The Kier molecular flexibility index (Phi) is 4.12. The van der Waals surface area contributed by atoms with Crippen LogP contribution in [0.2, 0.25) is 0 Å². The fourth-order valence-corrected chi connectivity index (χ4v) is 2.88. The molecular weight excluding hydrogens is 316 g/mol. The molecule has 0 amide bonds. The third-order valence-corrected chi connectivity index (χ3v) is 4.16. The zero-order chi connectivity index (χ0) is 17.1. The average molecular weight is 334 g/mol. The Morgan fingerprint density at radius 1 is 1.16 bits per heavy atom. The number of benzene rings is 1. The summed E-state index contributed by atoms with van der Waals surface area (Å²) in [7, 11) is 0. The largest absolute Gasteiger partial charge is 0.407 e. The molecule has 1 N–H and O–H groups in total. The van der Waals surface area contributed by atoms with Gasteiger partial charge in [0, 0.05) is 12.4 Å². The second-order valence-corrected chi connectivity index (χ2v) is 5.72. The number of rotatable bonds is 6. The van der Waals surface area contributed by atoms with Crippen LogP contribution in [-0.4, -0.2) is 24.6 Å². The predicted molar refractivity (Wildman–Crippen MR) is 93.2 cm³/mol. The number of fused-ring (bicyclic) bond motifs is 1. The van der Waals surface area contributed by atoms with Crippen LogP contribution in [0.5, 0.6) is 0 Å². The van der Waals surface area contributed by atoms with Crippen molar-refractivity contribution >= 4 is 11.7 Å². The number of anilines is 1. The second kappa shape index (κ2) is 6.72. The van der Waals surface area contributed by atoms with Gasteiger partial charge >= 0.3 is 6.01 Å². The molecule has 1 atom stereocenters. The summed E-state index contributed by atoms with van der Waals surface area (Å²) in [6.45, 7) is 2.65. The molecule has 0 fully saturated rings. The summed E-state index contributed by atoms with van der Waals surface area (Å²) in [5.41, 5.74) is 2.97. The van der Waals surface area contributed by atoms with Crippen LogP contribution in [0.25, 0.3) is 5.65 Å². The number of imidazole rings is 1. The highest BCUT2D eigenvalue weighted by Gasteiger charge is 2.19. The Morgan fingerprint density at radius 2 is 2.04 bits per heavy atom. The van der Waals surface area contributed by atoms with E-state index in [1.54, 1.807) is 18.6 Å². The average Bonchev–Trinajstić information content (AvgIpc) is 3.29. The first-order valence-electron chi connectivity index (χ1n) is 8.23. The van der Waals surface area contributed by atoms with Gasteiger partial charge in [-0.05, 0) is 12.0 Å². The monoisotopic (exact) mass is 334 g/mol. The highest BCUT2D eigenvalue weighted by Crippen LogP contribution is 2.27. The van der Waals surface area contributed by atoms with E-state index >= 15 is 0 Å². The maximum Gasteiger partial charge on any atom is 0.315 e. The Labute approximate surface area is 144 Å². The van der Waals surface area contributed by atoms with E-state index in [1.807, 2.05) is 28.8 Å². The lowest BCUT2D eigenvalue weighted by Gasteiger charge is -2.10. The van der Waals surface area contributed by atoms with Crippen LogP contribution in [0.1, 0.15) is 36.4 Å². The highest BCUT2D eigenvalue weighted by molar-refractivity contribution is 5.37. The van der Waals surface area contributed by atoms with Gasteiger partial charge in [0.05, 0.1) is 30.6 Å². The molecule has 0 spiro atoms. The zero-order valence-electron chi connectivity index (χ0n) is 13.8. The smallest absolute Gasteiger partial charge is 0.315 e. The van der Waals surface area contributed by atoms with E-state index in [9.17, 15) is 0 Å². The first kappa shape index (κ1) is 15.3. The minimum absolute atomic E-state index is 0.103. The summed E-state index contributed by atoms with van der Waals surface area (Å²) in [4.78, 5) is 8.37. The molecule has 0 radical (unpaired) electrons. The molecule has 25 heavy (non-hydrogen) atoms. The van der Waals surface area contributed by atoms with Gasteiger partial charge in [-0.15, -0.1) is 5.10 Å². The van der Waals surface area contributed by atoms with Gasteiger partial charge in [-0.2, -0.15) is 0 Å². The molecule has 0 aliphatic heterocycles. The number of aromatic nitrogens is 5. The Balaban J connectivity index is 1.49. The third kappa shape index (κ3) is 3.08. The lowest BCUT2D eigenvalue weighted by atomic mass is 9.97. The zero-order valence-corrected chi connectivity index (χ0v) is 13.8. The minimum Gasteiger partial charge on any atom is -0.407 e. The number of hydrogen-bond acceptors (Lipinski definition) is 6. The van der Waals surface area contributed by atoms with Crippen molar-refractivity contribution in [2.75, 3.05) is 5.32 Å². The molecule has 0 bridgehead atoms. The van der Waals surface area contributed by atoms with Crippen molar-refractivity contribution in [3.05, 3.63) is 72.3 Å². The van der Waals surface area contributed by atoms with E-state index in [4.69, 9.17) is 4.42 Å². The summed E-state index contributed by atoms with van der Waals surface area (Å²) in [6.07, 6.45) is 8.03. The Morgan fingerprint density at radius 3 is 2.88 bits per heavy atom. The summed E-state index contributed by atoms with van der Waals surface area (Å²) in [5.74, 6) is 0.727. The van der Waals surface area contributed by atoms with E-state index < -0.39 is 0 Å². The number of hydrogen-bond donors (Lipinski definition) is 1. The maximum atomic E-state index is 5.83. The fraction of sp³-hybridized carbons (Fsp3) is 0.222. The molecule has 1 unspecified atom stereocenters. The SMILES string of the molecule is CCC(c1ccccc1)c1nnc(NCc2cnc3cnccn23)o1. The van der Waals surface area contributed by atoms with E-state index in [0.29, 0.717) is 18.5 Å². The van der Waals surface area contributed by atoms with Crippen LogP contribution >= 0.6 is 0 Å².